The maximum atomic E-state index is 7.50. The number of nitrogens with zero attached hydrogens (tertiary/aromatic N) is 3. The molecule has 0 unspecified atom stereocenters. The van der Waals surface area contributed by atoms with Crippen molar-refractivity contribution in [3.05, 3.63) is 30.0 Å². The lowest BCUT2D eigenvalue weighted by Crippen LogP contribution is -2.23. The lowest BCUT2D eigenvalue weighted by molar-refractivity contribution is 0.908. The molecule has 2 aromatic rings. The number of pyridine rings is 1. The summed E-state index contributed by atoms with van der Waals surface area (Å²) in [5, 5.41) is 15.0. The smallest absolute Gasteiger partial charge is 0.215 e. The van der Waals surface area contributed by atoms with E-state index in [0.29, 0.717) is 0 Å². The zero-order valence-corrected chi connectivity index (χ0v) is 9.14. The third kappa shape index (κ3) is 1.45. The molecule has 1 aliphatic rings. The van der Waals surface area contributed by atoms with Crippen LogP contribution < -0.4 is 11.1 Å². The number of nitrogens with one attached hydrogen (secondary N) is 2. The summed E-state index contributed by atoms with van der Waals surface area (Å²) < 4.78 is 1.42. The Labute approximate surface area is 98.0 Å². The summed E-state index contributed by atoms with van der Waals surface area (Å²) in [5.74, 6) is 0.732. The Morgan fingerprint density at radius 2 is 2.35 bits per heavy atom. The molecule has 0 saturated heterocycles. The predicted octanol–water partition coefficient (Wildman–Crippen LogP) is 0.655. The number of fused-ring (bicyclic) bond motifs is 1. The van der Waals surface area contributed by atoms with E-state index in [1.165, 1.54) is 4.68 Å². The maximum absolute atomic E-state index is 7.50. The molecule has 0 aromatic carbocycles. The van der Waals surface area contributed by atoms with Gasteiger partial charge in [0.2, 0.25) is 5.96 Å². The molecule has 17 heavy (non-hydrogen) atoms. The van der Waals surface area contributed by atoms with Gasteiger partial charge >= 0.3 is 0 Å². The van der Waals surface area contributed by atoms with Crippen LogP contribution in [0, 0.1) is 5.41 Å². The van der Waals surface area contributed by atoms with Crippen molar-refractivity contribution < 1.29 is 0 Å². The van der Waals surface area contributed by atoms with Crippen LogP contribution in [0.4, 0.5) is 5.82 Å². The molecule has 0 bridgehead atoms. The first-order valence-electron chi connectivity index (χ1n) is 5.39. The van der Waals surface area contributed by atoms with Crippen LogP contribution in [0.1, 0.15) is 5.56 Å². The second kappa shape index (κ2) is 3.58. The topological polar surface area (TPSA) is 92.6 Å². The minimum atomic E-state index is -0.0853. The molecule has 0 amide bonds. The Kier molecular flexibility index (Phi) is 2.07. The van der Waals surface area contributed by atoms with Gasteiger partial charge in [-0.25, -0.2) is 0 Å². The van der Waals surface area contributed by atoms with Gasteiger partial charge in [0.1, 0.15) is 11.5 Å². The van der Waals surface area contributed by atoms with Crippen LogP contribution in [0.25, 0.3) is 11.4 Å². The molecular formula is C11H12N6. The van der Waals surface area contributed by atoms with Crippen LogP contribution in [-0.2, 0) is 6.42 Å². The third-order valence-corrected chi connectivity index (χ3v) is 2.79. The van der Waals surface area contributed by atoms with Crippen LogP contribution >= 0.6 is 0 Å². The fraction of sp³-hybridized carbons (Fsp3) is 0.182. The van der Waals surface area contributed by atoms with Gasteiger partial charge in [-0.15, -0.1) is 0 Å². The Hall–Kier alpha value is -2.37. The average Bonchev–Trinajstić information content (AvgIpc) is 2.90. The molecule has 0 aliphatic carbocycles. The number of aromatic nitrogens is 3. The van der Waals surface area contributed by atoms with Crippen molar-refractivity contribution in [1.82, 2.24) is 14.8 Å². The van der Waals surface area contributed by atoms with E-state index in [0.717, 1.165) is 35.7 Å². The van der Waals surface area contributed by atoms with E-state index in [-0.39, 0.29) is 5.96 Å². The van der Waals surface area contributed by atoms with Gasteiger partial charge in [0.25, 0.3) is 0 Å². The van der Waals surface area contributed by atoms with Gasteiger partial charge in [0.15, 0.2) is 0 Å². The SMILES string of the molecule is N=C(N)n1nc(-c2ccccn2)c2c1NCC2. The highest BCUT2D eigenvalue weighted by atomic mass is 15.4. The fourth-order valence-corrected chi connectivity index (χ4v) is 2.06. The molecule has 0 spiro atoms. The second-order valence-electron chi connectivity index (χ2n) is 3.86. The molecule has 0 atom stereocenters. The number of nitrogen functional groups attached to an aromatic ring is 1. The molecule has 1 aliphatic heterocycles. The summed E-state index contributed by atoms with van der Waals surface area (Å²) in [7, 11) is 0. The lowest BCUT2D eigenvalue weighted by atomic mass is 10.1. The van der Waals surface area contributed by atoms with E-state index >= 15 is 0 Å². The molecular weight excluding hydrogens is 216 g/mol. The quantitative estimate of drug-likeness (QED) is 0.493. The zero-order valence-electron chi connectivity index (χ0n) is 9.14. The first kappa shape index (κ1) is 9.83. The minimum absolute atomic E-state index is 0.0853. The highest BCUT2D eigenvalue weighted by molar-refractivity contribution is 5.84. The summed E-state index contributed by atoms with van der Waals surface area (Å²) in [6.45, 7) is 0.848. The average molecular weight is 228 g/mol. The first-order chi connectivity index (χ1) is 8.27. The molecule has 6 nitrogen and oxygen atoms in total. The first-order valence-corrected chi connectivity index (χ1v) is 5.39. The minimum Gasteiger partial charge on any atom is -0.369 e. The van der Waals surface area contributed by atoms with E-state index in [4.69, 9.17) is 11.1 Å². The van der Waals surface area contributed by atoms with Crippen molar-refractivity contribution in [1.29, 1.82) is 5.41 Å². The van der Waals surface area contributed by atoms with E-state index in [2.05, 4.69) is 15.4 Å². The predicted molar refractivity (Wildman–Crippen MR) is 65.0 cm³/mol. The number of hydrogen-bond donors (Lipinski definition) is 3. The Morgan fingerprint density at radius 3 is 3.06 bits per heavy atom. The van der Waals surface area contributed by atoms with Crippen LogP contribution in [0.15, 0.2) is 24.4 Å². The molecule has 0 saturated carbocycles. The molecule has 4 N–H and O–H groups in total. The molecule has 0 radical (unpaired) electrons. The van der Waals surface area contributed by atoms with E-state index in [1.54, 1.807) is 6.20 Å². The maximum Gasteiger partial charge on any atom is 0.215 e. The summed E-state index contributed by atoms with van der Waals surface area (Å²) in [5.41, 5.74) is 8.20. The van der Waals surface area contributed by atoms with Crippen molar-refractivity contribution in [2.75, 3.05) is 11.9 Å². The van der Waals surface area contributed by atoms with Crippen LogP contribution in [0.3, 0.4) is 0 Å². The second-order valence-corrected chi connectivity index (χ2v) is 3.86. The standard InChI is InChI=1S/C11H12N6/c12-11(13)17-10-7(4-6-15-10)9(16-17)8-3-1-2-5-14-8/h1-3,5,15H,4,6H2,(H3,12,13). The van der Waals surface area contributed by atoms with Gasteiger partial charge in [-0.1, -0.05) is 6.07 Å². The summed E-state index contributed by atoms with van der Waals surface area (Å²) >= 11 is 0. The third-order valence-electron chi connectivity index (χ3n) is 2.79. The summed E-state index contributed by atoms with van der Waals surface area (Å²) in [6, 6.07) is 5.69. The summed E-state index contributed by atoms with van der Waals surface area (Å²) in [6.07, 6.45) is 2.62. The highest BCUT2D eigenvalue weighted by Crippen LogP contribution is 2.31. The van der Waals surface area contributed by atoms with Gasteiger partial charge in [0.05, 0.1) is 5.69 Å². The van der Waals surface area contributed by atoms with E-state index in [9.17, 15) is 0 Å². The number of rotatable bonds is 1. The molecule has 6 heteroatoms. The molecule has 0 fully saturated rings. The Bertz CT molecular complexity index is 571. The van der Waals surface area contributed by atoms with Crippen LogP contribution in [-0.4, -0.2) is 27.3 Å². The molecule has 3 heterocycles. The van der Waals surface area contributed by atoms with Crippen LogP contribution in [0.5, 0.6) is 0 Å². The van der Waals surface area contributed by atoms with Crippen molar-refractivity contribution in [2.24, 2.45) is 5.73 Å². The van der Waals surface area contributed by atoms with Gasteiger partial charge in [0, 0.05) is 18.3 Å². The van der Waals surface area contributed by atoms with Gasteiger partial charge in [-0.3, -0.25) is 10.4 Å². The summed E-state index contributed by atoms with van der Waals surface area (Å²) in [4.78, 5) is 4.28. The number of hydrogen-bond acceptors (Lipinski definition) is 4. The van der Waals surface area contributed by atoms with Crippen molar-refractivity contribution >= 4 is 11.8 Å². The molecule has 2 aromatic heterocycles. The van der Waals surface area contributed by atoms with Crippen molar-refractivity contribution in [3.8, 4) is 11.4 Å². The van der Waals surface area contributed by atoms with Crippen molar-refractivity contribution in [2.45, 2.75) is 6.42 Å². The van der Waals surface area contributed by atoms with Crippen LogP contribution in [0.2, 0.25) is 0 Å². The fourth-order valence-electron chi connectivity index (χ4n) is 2.06. The monoisotopic (exact) mass is 228 g/mol. The number of nitrogens with two attached hydrogens (primary N) is 1. The Balaban J connectivity index is 2.19. The molecule has 3 rings (SSSR count). The number of anilines is 1. The van der Waals surface area contributed by atoms with E-state index in [1.807, 2.05) is 18.2 Å². The van der Waals surface area contributed by atoms with E-state index < -0.39 is 0 Å². The van der Waals surface area contributed by atoms with Crippen molar-refractivity contribution in [3.63, 3.8) is 0 Å². The van der Waals surface area contributed by atoms with Gasteiger partial charge < -0.3 is 11.1 Å². The van der Waals surface area contributed by atoms with Gasteiger partial charge in [-0.05, 0) is 18.6 Å². The lowest BCUT2D eigenvalue weighted by Gasteiger charge is -2.02. The van der Waals surface area contributed by atoms with Gasteiger partial charge in [-0.2, -0.15) is 9.78 Å². The zero-order chi connectivity index (χ0) is 11.8. The molecule has 86 valence electrons. The normalized spacial score (nSPS) is 13.2. The Morgan fingerprint density at radius 1 is 1.47 bits per heavy atom. The largest absolute Gasteiger partial charge is 0.369 e. The highest BCUT2D eigenvalue weighted by Gasteiger charge is 2.24.